The molecular weight excluding hydrogens is 246 g/mol. The highest BCUT2D eigenvalue weighted by Gasteiger charge is 2.37. The minimum absolute atomic E-state index is 0.0566. The minimum Gasteiger partial charge on any atom is -0.391 e. The van der Waals surface area contributed by atoms with Gasteiger partial charge in [-0.05, 0) is 38.3 Å². The number of amides is 2. The molecule has 4 N–H and O–H groups in total. The van der Waals surface area contributed by atoms with E-state index in [2.05, 4.69) is 5.32 Å². The SMILES string of the molecule is NC(=O)C1CC(O)CN1C(=O)CCC1CCNCC1. The van der Waals surface area contributed by atoms with Gasteiger partial charge in [0.2, 0.25) is 11.8 Å². The molecule has 0 saturated carbocycles. The van der Waals surface area contributed by atoms with E-state index in [0.29, 0.717) is 12.3 Å². The number of nitrogens with two attached hydrogens (primary N) is 1. The Kier molecular flexibility index (Phi) is 4.76. The van der Waals surface area contributed by atoms with Gasteiger partial charge < -0.3 is 21.1 Å². The number of rotatable bonds is 4. The van der Waals surface area contributed by atoms with Gasteiger partial charge in [-0.2, -0.15) is 0 Å². The van der Waals surface area contributed by atoms with Crippen LogP contribution in [0.15, 0.2) is 0 Å². The van der Waals surface area contributed by atoms with Crippen molar-refractivity contribution in [3.05, 3.63) is 0 Å². The second-order valence-corrected chi connectivity index (χ2v) is 5.59. The third-order valence-electron chi connectivity index (χ3n) is 4.15. The lowest BCUT2D eigenvalue weighted by Gasteiger charge is -2.25. The van der Waals surface area contributed by atoms with Gasteiger partial charge in [0.1, 0.15) is 6.04 Å². The average molecular weight is 269 g/mol. The molecule has 2 aliphatic heterocycles. The van der Waals surface area contributed by atoms with Crippen LogP contribution >= 0.6 is 0 Å². The Hall–Kier alpha value is -1.14. The standard InChI is InChI=1S/C13H23N3O3/c14-13(19)11-7-10(17)8-16(11)12(18)2-1-9-3-5-15-6-4-9/h9-11,15,17H,1-8H2,(H2,14,19). The number of likely N-dealkylation sites (tertiary alicyclic amines) is 1. The van der Waals surface area contributed by atoms with Crippen molar-refractivity contribution < 1.29 is 14.7 Å². The van der Waals surface area contributed by atoms with Gasteiger partial charge >= 0.3 is 0 Å². The normalized spacial score (nSPS) is 28.6. The molecule has 2 atom stereocenters. The van der Waals surface area contributed by atoms with Crippen molar-refractivity contribution in [1.82, 2.24) is 10.2 Å². The highest BCUT2D eigenvalue weighted by atomic mass is 16.3. The number of hydrogen-bond acceptors (Lipinski definition) is 4. The van der Waals surface area contributed by atoms with Crippen molar-refractivity contribution in [2.24, 2.45) is 11.7 Å². The van der Waals surface area contributed by atoms with Crippen LogP contribution < -0.4 is 11.1 Å². The van der Waals surface area contributed by atoms with Gasteiger partial charge in [-0.15, -0.1) is 0 Å². The maximum atomic E-state index is 12.1. The van der Waals surface area contributed by atoms with E-state index in [1.165, 1.54) is 4.90 Å². The molecule has 2 fully saturated rings. The third kappa shape index (κ3) is 3.67. The molecule has 108 valence electrons. The molecule has 0 aromatic heterocycles. The van der Waals surface area contributed by atoms with Crippen molar-refractivity contribution in [2.45, 2.75) is 44.2 Å². The van der Waals surface area contributed by atoms with Crippen molar-refractivity contribution in [2.75, 3.05) is 19.6 Å². The fraction of sp³-hybridized carbons (Fsp3) is 0.846. The van der Waals surface area contributed by atoms with Crippen molar-refractivity contribution in [3.8, 4) is 0 Å². The molecule has 6 nitrogen and oxygen atoms in total. The van der Waals surface area contributed by atoms with Gasteiger partial charge in [0, 0.05) is 19.4 Å². The van der Waals surface area contributed by atoms with Crippen molar-refractivity contribution in [1.29, 1.82) is 0 Å². The first-order valence-electron chi connectivity index (χ1n) is 7.05. The zero-order valence-corrected chi connectivity index (χ0v) is 11.2. The van der Waals surface area contributed by atoms with Crippen LogP contribution in [0.1, 0.15) is 32.1 Å². The van der Waals surface area contributed by atoms with Crippen LogP contribution in [0.25, 0.3) is 0 Å². The van der Waals surface area contributed by atoms with Crippen molar-refractivity contribution in [3.63, 3.8) is 0 Å². The van der Waals surface area contributed by atoms with Gasteiger partial charge in [0.25, 0.3) is 0 Å². The molecule has 0 bridgehead atoms. The number of nitrogens with one attached hydrogen (secondary N) is 1. The summed E-state index contributed by atoms with van der Waals surface area (Å²) in [5, 5.41) is 12.9. The summed E-state index contributed by atoms with van der Waals surface area (Å²) in [5.74, 6) is 0.00963. The first kappa shape index (κ1) is 14.3. The highest BCUT2D eigenvalue weighted by Crippen LogP contribution is 2.22. The topological polar surface area (TPSA) is 95.7 Å². The molecule has 2 unspecified atom stereocenters. The molecule has 2 amide bonds. The summed E-state index contributed by atoms with van der Waals surface area (Å²) in [6.07, 6.45) is 3.17. The summed E-state index contributed by atoms with van der Waals surface area (Å²) in [6, 6.07) is -0.629. The average Bonchev–Trinajstić information content (AvgIpc) is 2.79. The van der Waals surface area contributed by atoms with E-state index in [4.69, 9.17) is 5.73 Å². The monoisotopic (exact) mass is 269 g/mol. The summed E-state index contributed by atoms with van der Waals surface area (Å²) in [7, 11) is 0. The van der Waals surface area contributed by atoms with Gasteiger partial charge in [0.15, 0.2) is 0 Å². The lowest BCUT2D eigenvalue weighted by atomic mass is 9.93. The van der Waals surface area contributed by atoms with Gasteiger partial charge in [0.05, 0.1) is 6.10 Å². The zero-order chi connectivity index (χ0) is 13.8. The Bertz CT molecular complexity index is 342. The first-order chi connectivity index (χ1) is 9.08. The highest BCUT2D eigenvalue weighted by molar-refractivity contribution is 5.87. The minimum atomic E-state index is -0.629. The Morgan fingerprint density at radius 3 is 2.63 bits per heavy atom. The largest absolute Gasteiger partial charge is 0.391 e. The maximum absolute atomic E-state index is 12.1. The van der Waals surface area contributed by atoms with Crippen LogP contribution in [0, 0.1) is 5.92 Å². The van der Waals surface area contributed by atoms with E-state index in [-0.39, 0.29) is 18.9 Å². The molecule has 2 saturated heterocycles. The number of aliphatic hydroxyl groups excluding tert-OH is 1. The molecule has 0 aliphatic carbocycles. The molecule has 0 aromatic rings. The molecule has 2 rings (SSSR count). The molecule has 6 heteroatoms. The molecule has 19 heavy (non-hydrogen) atoms. The van der Waals surface area contributed by atoms with Gasteiger partial charge in [-0.25, -0.2) is 0 Å². The number of nitrogens with zero attached hydrogens (tertiary/aromatic N) is 1. The molecular formula is C13H23N3O3. The molecule has 0 aromatic carbocycles. The number of carbonyl (C=O) groups excluding carboxylic acids is 2. The van der Waals surface area contributed by atoms with Crippen LogP contribution in [0.2, 0.25) is 0 Å². The number of aliphatic hydroxyl groups is 1. The van der Waals surface area contributed by atoms with E-state index >= 15 is 0 Å². The van der Waals surface area contributed by atoms with Gasteiger partial charge in [-0.3, -0.25) is 9.59 Å². The summed E-state index contributed by atoms with van der Waals surface area (Å²) in [6.45, 7) is 2.27. The second kappa shape index (κ2) is 6.34. The zero-order valence-electron chi connectivity index (χ0n) is 11.2. The molecule has 0 spiro atoms. The molecule has 2 heterocycles. The molecule has 0 radical (unpaired) electrons. The predicted molar refractivity (Wildman–Crippen MR) is 70.1 cm³/mol. The van der Waals surface area contributed by atoms with Crippen LogP contribution in [-0.2, 0) is 9.59 Å². The maximum Gasteiger partial charge on any atom is 0.240 e. The summed E-state index contributed by atoms with van der Waals surface area (Å²) in [5.41, 5.74) is 5.27. The van der Waals surface area contributed by atoms with Crippen LogP contribution in [0.4, 0.5) is 0 Å². The first-order valence-corrected chi connectivity index (χ1v) is 7.05. The second-order valence-electron chi connectivity index (χ2n) is 5.59. The van der Waals surface area contributed by atoms with E-state index in [9.17, 15) is 14.7 Å². The van der Waals surface area contributed by atoms with E-state index < -0.39 is 18.1 Å². The predicted octanol–water partition coefficient (Wildman–Crippen LogP) is -0.787. The van der Waals surface area contributed by atoms with E-state index in [0.717, 1.165) is 32.4 Å². The van der Waals surface area contributed by atoms with Crippen molar-refractivity contribution >= 4 is 11.8 Å². The van der Waals surface area contributed by atoms with E-state index in [1.807, 2.05) is 0 Å². The quantitative estimate of drug-likeness (QED) is 0.623. The Labute approximate surface area is 113 Å². The van der Waals surface area contributed by atoms with Crippen LogP contribution in [0.5, 0.6) is 0 Å². The van der Waals surface area contributed by atoms with Crippen LogP contribution in [0.3, 0.4) is 0 Å². The number of primary amides is 1. The van der Waals surface area contributed by atoms with Gasteiger partial charge in [-0.1, -0.05) is 0 Å². The van der Waals surface area contributed by atoms with E-state index in [1.54, 1.807) is 0 Å². The number of β-amino-alcohol motifs (C(OH)–C–C–N with tert-alkyl or cyclic N) is 1. The Balaban J connectivity index is 1.82. The van der Waals surface area contributed by atoms with Crippen LogP contribution in [-0.4, -0.2) is 53.6 Å². The Morgan fingerprint density at radius 1 is 1.32 bits per heavy atom. The summed E-state index contributed by atoms with van der Waals surface area (Å²) < 4.78 is 0. The number of piperidine rings is 1. The fourth-order valence-corrected chi connectivity index (χ4v) is 3.00. The number of carbonyl (C=O) groups is 2. The summed E-state index contributed by atoms with van der Waals surface area (Å²) in [4.78, 5) is 24.9. The fourth-order valence-electron chi connectivity index (χ4n) is 3.00. The Morgan fingerprint density at radius 2 is 2.00 bits per heavy atom. The number of hydrogen-bond donors (Lipinski definition) is 3. The lowest BCUT2D eigenvalue weighted by Crippen LogP contribution is -2.43. The third-order valence-corrected chi connectivity index (χ3v) is 4.15. The summed E-state index contributed by atoms with van der Waals surface area (Å²) >= 11 is 0. The lowest BCUT2D eigenvalue weighted by molar-refractivity contribution is -0.137. The smallest absolute Gasteiger partial charge is 0.240 e. The molecule has 2 aliphatic rings.